The standard InChI is InChI=1S/C16H18FN3/c17-14-2-5-15(6-3-14)19-7-9-20(10-8-19)16-4-1-13(11-16)12-18/h2-3,5-6,11,16H,1,4,7-10H2/t16-/m1/s1. The Labute approximate surface area is 118 Å². The summed E-state index contributed by atoms with van der Waals surface area (Å²) in [5.74, 6) is -0.187. The van der Waals surface area contributed by atoms with Gasteiger partial charge >= 0.3 is 0 Å². The number of rotatable bonds is 2. The molecule has 1 aliphatic heterocycles. The minimum Gasteiger partial charge on any atom is -0.369 e. The molecule has 1 fully saturated rings. The number of hydrogen-bond acceptors (Lipinski definition) is 3. The average molecular weight is 271 g/mol. The third-order valence-corrected chi connectivity index (χ3v) is 4.22. The topological polar surface area (TPSA) is 30.3 Å². The molecule has 4 heteroatoms. The van der Waals surface area contributed by atoms with Gasteiger partial charge in [-0.1, -0.05) is 6.08 Å². The van der Waals surface area contributed by atoms with E-state index in [4.69, 9.17) is 5.26 Å². The first-order valence-electron chi connectivity index (χ1n) is 7.11. The van der Waals surface area contributed by atoms with E-state index in [9.17, 15) is 4.39 Å². The van der Waals surface area contributed by atoms with Crippen molar-refractivity contribution >= 4 is 5.69 Å². The van der Waals surface area contributed by atoms with Gasteiger partial charge in [0.15, 0.2) is 0 Å². The van der Waals surface area contributed by atoms with Crippen molar-refractivity contribution in [2.75, 3.05) is 31.1 Å². The minimum absolute atomic E-state index is 0.187. The van der Waals surface area contributed by atoms with Crippen LogP contribution >= 0.6 is 0 Å². The molecular weight excluding hydrogens is 253 g/mol. The molecule has 0 unspecified atom stereocenters. The van der Waals surface area contributed by atoms with Gasteiger partial charge in [-0.25, -0.2) is 4.39 Å². The molecule has 3 rings (SSSR count). The largest absolute Gasteiger partial charge is 0.369 e. The van der Waals surface area contributed by atoms with E-state index in [1.54, 1.807) is 0 Å². The molecule has 1 aromatic carbocycles. The third kappa shape index (κ3) is 2.68. The van der Waals surface area contributed by atoms with Gasteiger partial charge in [-0.2, -0.15) is 5.26 Å². The highest BCUT2D eigenvalue weighted by atomic mass is 19.1. The van der Waals surface area contributed by atoms with Gasteiger partial charge < -0.3 is 4.90 Å². The molecule has 1 saturated heterocycles. The van der Waals surface area contributed by atoms with Crippen molar-refractivity contribution in [3.63, 3.8) is 0 Å². The van der Waals surface area contributed by atoms with Crippen LogP contribution in [0.2, 0.25) is 0 Å². The van der Waals surface area contributed by atoms with Crippen molar-refractivity contribution in [3.8, 4) is 6.07 Å². The number of nitrogens with zero attached hydrogens (tertiary/aromatic N) is 3. The van der Waals surface area contributed by atoms with E-state index in [2.05, 4.69) is 21.9 Å². The van der Waals surface area contributed by atoms with Crippen LogP contribution in [0.5, 0.6) is 0 Å². The van der Waals surface area contributed by atoms with Gasteiger partial charge in [-0.15, -0.1) is 0 Å². The number of piperazine rings is 1. The molecule has 0 radical (unpaired) electrons. The SMILES string of the molecule is N#CC1=C[C@H](N2CCN(c3ccc(F)cc3)CC2)CC1. The molecule has 0 N–H and O–H groups in total. The Morgan fingerprint density at radius 2 is 1.80 bits per heavy atom. The Morgan fingerprint density at radius 1 is 1.10 bits per heavy atom. The maximum atomic E-state index is 12.9. The summed E-state index contributed by atoms with van der Waals surface area (Å²) in [5, 5.41) is 8.92. The van der Waals surface area contributed by atoms with Gasteiger partial charge in [0.25, 0.3) is 0 Å². The summed E-state index contributed by atoms with van der Waals surface area (Å²) in [6.45, 7) is 3.91. The van der Waals surface area contributed by atoms with E-state index >= 15 is 0 Å². The summed E-state index contributed by atoms with van der Waals surface area (Å²) >= 11 is 0. The van der Waals surface area contributed by atoms with Crippen LogP contribution in [0.4, 0.5) is 10.1 Å². The number of nitriles is 1. The van der Waals surface area contributed by atoms with Gasteiger partial charge in [-0.3, -0.25) is 4.90 Å². The zero-order chi connectivity index (χ0) is 13.9. The fourth-order valence-corrected chi connectivity index (χ4v) is 3.05. The quantitative estimate of drug-likeness (QED) is 0.828. The van der Waals surface area contributed by atoms with Crippen molar-refractivity contribution in [1.29, 1.82) is 5.26 Å². The van der Waals surface area contributed by atoms with Crippen LogP contribution in [0, 0.1) is 17.1 Å². The predicted octanol–water partition coefficient (Wildman–Crippen LogP) is 2.56. The number of halogens is 1. The third-order valence-electron chi connectivity index (χ3n) is 4.22. The van der Waals surface area contributed by atoms with Gasteiger partial charge in [0.1, 0.15) is 5.82 Å². The van der Waals surface area contributed by atoms with E-state index in [0.29, 0.717) is 6.04 Å². The van der Waals surface area contributed by atoms with Crippen molar-refractivity contribution in [1.82, 2.24) is 4.90 Å². The number of benzene rings is 1. The van der Waals surface area contributed by atoms with E-state index in [-0.39, 0.29) is 5.82 Å². The molecule has 1 aromatic rings. The molecule has 104 valence electrons. The zero-order valence-electron chi connectivity index (χ0n) is 11.4. The lowest BCUT2D eigenvalue weighted by molar-refractivity contribution is 0.214. The smallest absolute Gasteiger partial charge is 0.123 e. The van der Waals surface area contributed by atoms with Gasteiger partial charge in [0.2, 0.25) is 0 Å². The number of anilines is 1. The number of hydrogen-bond donors (Lipinski definition) is 0. The van der Waals surface area contributed by atoms with Gasteiger partial charge in [0.05, 0.1) is 6.07 Å². The maximum Gasteiger partial charge on any atom is 0.123 e. The molecule has 1 aliphatic carbocycles. The first kappa shape index (κ1) is 13.1. The second-order valence-electron chi connectivity index (χ2n) is 5.41. The lowest BCUT2D eigenvalue weighted by Gasteiger charge is -2.38. The summed E-state index contributed by atoms with van der Waals surface area (Å²) in [7, 11) is 0. The normalized spacial score (nSPS) is 23.5. The van der Waals surface area contributed by atoms with Crippen LogP contribution < -0.4 is 4.90 Å². The summed E-state index contributed by atoms with van der Waals surface area (Å²) < 4.78 is 12.9. The van der Waals surface area contributed by atoms with Crippen LogP contribution in [-0.4, -0.2) is 37.1 Å². The van der Waals surface area contributed by atoms with Gasteiger partial charge in [0, 0.05) is 43.5 Å². The molecule has 0 bridgehead atoms. The molecule has 0 saturated carbocycles. The zero-order valence-corrected chi connectivity index (χ0v) is 11.4. The molecule has 0 amide bonds. The van der Waals surface area contributed by atoms with Crippen LogP contribution in [0.15, 0.2) is 35.9 Å². The highest BCUT2D eigenvalue weighted by Gasteiger charge is 2.26. The Bertz CT molecular complexity index is 536. The monoisotopic (exact) mass is 271 g/mol. The van der Waals surface area contributed by atoms with Crippen molar-refractivity contribution in [3.05, 3.63) is 41.7 Å². The summed E-state index contributed by atoms with van der Waals surface area (Å²) in [4.78, 5) is 4.74. The fraction of sp³-hybridized carbons (Fsp3) is 0.438. The van der Waals surface area contributed by atoms with Crippen molar-refractivity contribution in [2.45, 2.75) is 18.9 Å². The highest BCUT2D eigenvalue weighted by Crippen LogP contribution is 2.24. The van der Waals surface area contributed by atoms with E-state index in [0.717, 1.165) is 50.3 Å². The van der Waals surface area contributed by atoms with Crippen molar-refractivity contribution < 1.29 is 4.39 Å². The molecule has 1 atom stereocenters. The lowest BCUT2D eigenvalue weighted by atomic mass is 10.1. The lowest BCUT2D eigenvalue weighted by Crippen LogP contribution is -2.49. The Kier molecular flexibility index (Phi) is 3.70. The first-order valence-corrected chi connectivity index (χ1v) is 7.11. The van der Waals surface area contributed by atoms with Gasteiger partial charge in [-0.05, 0) is 37.1 Å². The molecular formula is C16H18FN3. The van der Waals surface area contributed by atoms with Crippen molar-refractivity contribution in [2.24, 2.45) is 0 Å². The van der Waals surface area contributed by atoms with Crippen LogP contribution in [-0.2, 0) is 0 Å². The molecule has 20 heavy (non-hydrogen) atoms. The Hall–Kier alpha value is -1.86. The second kappa shape index (κ2) is 5.64. The first-order chi connectivity index (χ1) is 9.76. The molecule has 0 spiro atoms. The second-order valence-corrected chi connectivity index (χ2v) is 5.41. The van der Waals surface area contributed by atoms with Crippen LogP contribution in [0.3, 0.4) is 0 Å². The van der Waals surface area contributed by atoms with Crippen LogP contribution in [0.25, 0.3) is 0 Å². The number of allylic oxidation sites excluding steroid dienone is 1. The van der Waals surface area contributed by atoms with E-state index < -0.39 is 0 Å². The van der Waals surface area contributed by atoms with E-state index in [1.807, 2.05) is 12.1 Å². The highest BCUT2D eigenvalue weighted by molar-refractivity contribution is 5.46. The minimum atomic E-state index is -0.187. The van der Waals surface area contributed by atoms with Crippen LogP contribution in [0.1, 0.15) is 12.8 Å². The fourth-order valence-electron chi connectivity index (χ4n) is 3.05. The Morgan fingerprint density at radius 3 is 2.40 bits per heavy atom. The summed E-state index contributed by atoms with van der Waals surface area (Å²) in [6.07, 6.45) is 4.10. The molecule has 2 aliphatic rings. The van der Waals surface area contributed by atoms with E-state index in [1.165, 1.54) is 12.1 Å². The molecule has 1 heterocycles. The molecule has 0 aromatic heterocycles. The summed E-state index contributed by atoms with van der Waals surface area (Å²) in [5.41, 5.74) is 2.02. The summed E-state index contributed by atoms with van der Waals surface area (Å²) in [6, 6.07) is 9.40. The molecule has 3 nitrogen and oxygen atoms in total. The predicted molar refractivity (Wildman–Crippen MR) is 76.9 cm³/mol. The Balaban J connectivity index is 1.59. The maximum absolute atomic E-state index is 12.9. The average Bonchev–Trinajstić information content (AvgIpc) is 2.97.